The number of halogens is 3. The second-order valence-electron chi connectivity index (χ2n) is 5.33. The number of hydrogen-bond acceptors (Lipinski definition) is 3. The van der Waals surface area contributed by atoms with Crippen LogP contribution in [0.2, 0.25) is 0 Å². The van der Waals surface area contributed by atoms with Crippen LogP contribution in [0, 0.1) is 0 Å². The molecule has 0 fully saturated rings. The van der Waals surface area contributed by atoms with Crippen LogP contribution in [-0.2, 0) is 4.79 Å². The Morgan fingerprint density at radius 1 is 1.20 bits per heavy atom. The third-order valence-corrected chi connectivity index (χ3v) is 4.14. The van der Waals surface area contributed by atoms with Crippen LogP contribution in [0.15, 0.2) is 24.3 Å². The highest BCUT2D eigenvalue weighted by Crippen LogP contribution is 2.29. The van der Waals surface area contributed by atoms with E-state index in [1.54, 1.807) is 31.4 Å². The molecule has 1 atom stereocenters. The maximum Gasteiger partial charge on any atom is 0.228 e. The van der Waals surface area contributed by atoms with Crippen molar-refractivity contribution in [3.05, 3.63) is 24.3 Å². The Bertz CT molecular complexity index is 565. The van der Waals surface area contributed by atoms with Crippen LogP contribution in [0.25, 0.3) is 0 Å². The number of benzene rings is 1. The molecule has 1 rings (SSSR count). The summed E-state index contributed by atoms with van der Waals surface area (Å²) in [5.74, 6) is 0.521. The van der Waals surface area contributed by atoms with E-state index >= 15 is 0 Å². The third-order valence-electron chi connectivity index (χ3n) is 3.26. The molecule has 0 aliphatic rings. The number of hydrogen-bond donors (Lipinski definition) is 3. The van der Waals surface area contributed by atoms with Crippen LogP contribution in [0.5, 0.6) is 5.75 Å². The van der Waals surface area contributed by atoms with Gasteiger partial charge in [-0.25, -0.2) is 0 Å². The summed E-state index contributed by atoms with van der Waals surface area (Å²) in [6.07, 6.45) is 2.19. The number of thiocarbonyl (C=S) groups is 1. The third kappa shape index (κ3) is 8.81. The van der Waals surface area contributed by atoms with Gasteiger partial charge < -0.3 is 20.7 Å². The first-order chi connectivity index (χ1) is 11.8. The number of carbonyl (C=O) groups is 1. The lowest BCUT2D eigenvalue weighted by Crippen LogP contribution is -2.56. The first-order valence-corrected chi connectivity index (χ1v) is 9.38. The quantitative estimate of drug-likeness (QED) is 0.249. The molecular formula is C16H22Cl3N3O2S. The van der Waals surface area contributed by atoms with Gasteiger partial charge in [-0.1, -0.05) is 54.6 Å². The second kappa shape index (κ2) is 10.9. The van der Waals surface area contributed by atoms with E-state index in [0.717, 1.165) is 30.7 Å². The number of ether oxygens (including phenoxy) is 1. The van der Waals surface area contributed by atoms with Gasteiger partial charge in [-0.15, -0.1) is 0 Å². The highest BCUT2D eigenvalue weighted by molar-refractivity contribution is 7.80. The molecule has 1 amide bonds. The second-order valence-corrected chi connectivity index (χ2v) is 8.10. The van der Waals surface area contributed by atoms with E-state index in [-0.39, 0.29) is 11.0 Å². The highest BCUT2D eigenvalue weighted by atomic mass is 35.6. The van der Waals surface area contributed by atoms with Gasteiger partial charge in [-0.3, -0.25) is 4.79 Å². The summed E-state index contributed by atoms with van der Waals surface area (Å²) in [4.78, 5) is 12.0. The zero-order valence-electron chi connectivity index (χ0n) is 14.1. The first kappa shape index (κ1) is 22.1. The van der Waals surface area contributed by atoms with E-state index in [1.807, 2.05) is 0 Å². The van der Waals surface area contributed by atoms with Crippen molar-refractivity contribution >= 4 is 63.7 Å². The average molecular weight is 427 g/mol. The molecule has 0 aliphatic heterocycles. The summed E-state index contributed by atoms with van der Waals surface area (Å²) in [6.45, 7) is 2.06. The normalized spacial score (nSPS) is 12.2. The van der Waals surface area contributed by atoms with E-state index in [9.17, 15) is 4.79 Å². The Balaban J connectivity index is 2.61. The smallest absolute Gasteiger partial charge is 0.228 e. The van der Waals surface area contributed by atoms with Crippen molar-refractivity contribution in [1.29, 1.82) is 0 Å². The maximum atomic E-state index is 12.0. The molecule has 1 aromatic rings. The minimum atomic E-state index is -1.76. The monoisotopic (exact) mass is 425 g/mol. The largest absolute Gasteiger partial charge is 0.497 e. The van der Waals surface area contributed by atoms with Crippen LogP contribution in [0.1, 0.15) is 32.6 Å². The van der Waals surface area contributed by atoms with E-state index < -0.39 is 9.96 Å². The molecule has 140 valence electrons. The maximum absolute atomic E-state index is 12.0. The van der Waals surface area contributed by atoms with Crippen molar-refractivity contribution in [2.75, 3.05) is 12.4 Å². The summed E-state index contributed by atoms with van der Waals surface area (Å²) in [5.41, 5.74) is 0.732. The van der Waals surface area contributed by atoms with Gasteiger partial charge in [0.1, 0.15) is 11.9 Å². The van der Waals surface area contributed by atoms with E-state index in [0.29, 0.717) is 6.42 Å². The number of methoxy groups -OCH3 is 1. The van der Waals surface area contributed by atoms with Crippen LogP contribution in [0.3, 0.4) is 0 Å². The van der Waals surface area contributed by atoms with Crippen molar-refractivity contribution in [3.63, 3.8) is 0 Å². The minimum Gasteiger partial charge on any atom is -0.497 e. The Labute approximate surface area is 168 Å². The van der Waals surface area contributed by atoms with Gasteiger partial charge in [0.25, 0.3) is 0 Å². The molecule has 0 radical (unpaired) electrons. The highest BCUT2D eigenvalue weighted by Gasteiger charge is 2.34. The zero-order chi connectivity index (χ0) is 18.9. The number of rotatable bonds is 8. The number of carbonyl (C=O) groups excluding carboxylic acids is 1. The molecule has 0 aromatic heterocycles. The number of unbranched alkanes of at least 4 members (excludes halogenated alkanes) is 2. The van der Waals surface area contributed by atoms with Gasteiger partial charge >= 0.3 is 0 Å². The topological polar surface area (TPSA) is 62.4 Å². The lowest BCUT2D eigenvalue weighted by molar-refractivity contribution is -0.122. The molecule has 0 spiro atoms. The molecule has 3 N–H and O–H groups in total. The van der Waals surface area contributed by atoms with E-state index in [2.05, 4.69) is 22.9 Å². The Kier molecular flexibility index (Phi) is 9.64. The Hall–Kier alpha value is -0.950. The van der Waals surface area contributed by atoms with E-state index in [4.69, 9.17) is 51.8 Å². The number of nitrogens with one attached hydrogen (secondary N) is 3. The lowest BCUT2D eigenvalue weighted by Gasteiger charge is -2.27. The van der Waals surface area contributed by atoms with Crippen LogP contribution in [0.4, 0.5) is 5.69 Å². The fraction of sp³-hybridized carbons (Fsp3) is 0.500. The zero-order valence-corrected chi connectivity index (χ0v) is 17.2. The molecule has 0 aliphatic carbocycles. The van der Waals surface area contributed by atoms with Crippen LogP contribution >= 0.6 is 47.0 Å². The van der Waals surface area contributed by atoms with Crippen LogP contribution in [-0.4, -0.2) is 28.1 Å². The number of anilines is 1. The van der Waals surface area contributed by atoms with Gasteiger partial charge in [0, 0.05) is 12.1 Å². The van der Waals surface area contributed by atoms with Crippen molar-refractivity contribution in [1.82, 2.24) is 10.6 Å². The molecule has 0 heterocycles. The van der Waals surface area contributed by atoms with Crippen molar-refractivity contribution in [3.8, 4) is 5.75 Å². The SMILES string of the molecule is CCCCCC(=O)N[C@@H](NC(=S)Nc1ccc(OC)cc1)C(Cl)(Cl)Cl. The summed E-state index contributed by atoms with van der Waals surface area (Å²) < 4.78 is 3.33. The van der Waals surface area contributed by atoms with Crippen molar-refractivity contribution in [2.45, 2.75) is 42.6 Å². The molecule has 0 bridgehead atoms. The van der Waals surface area contributed by atoms with E-state index in [1.165, 1.54) is 0 Å². The standard InChI is InChI=1S/C16H22Cl3N3O2S/c1-3-4-5-6-13(23)21-14(16(17,18)19)22-15(25)20-11-7-9-12(24-2)10-8-11/h7-10,14H,3-6H2,1-2H3,(H,21,23)(H2,20,22,25)/t14-/m0/s1. The predicted molar refractivity (Wildman–Crippen MR) is 109 cm³/mol. The molecule has 1 aromatic carbocycles. The summed E-state index contributed by atoms with van der Waals surface area (Å²) >= 11 is 23.0. The fourth-order valence-electron chi connectivity index (χ4n) is 1.94. The molecule has 0 saturated heterocycles. The summed E-state index contributed by atoms with van der Waals surface area (Å²) in [7, 11) is 1.59. The van der Waals surface area contributed by atoms with Gasteiger partial charge in [0.2, 0.25) is 9.70 Å². The number of amides is 1. The average Bonchev–Trinajstić information content (AvgIpc) is 2.54. The van der Waals surface area contributed by atoms with Gasteiger partial charge in [0.05, 0.1) is 7.11 Å². The van der Waals surface area contributed by atoms with Crippen molar-refractivity contribution in [2.24, 2.45) is 0 Å². The van der Waals surface area contributed by atoms with Crippen LogP contribution < -0.4 is 20.7 Å². The molecule has 0 unspecified atom stereocenters. The fourth-order valence-corrected chi connectivity index (χ4v) is 2.50. The Morgan fingerprint density at radius 2 is 1.84 bits per heavy atom. The lowest BCUT2D eigenvalue weighted by atomic mass is 10.2. The van der Waals surface area contributed by atoms with Gasteiger partial charge in [-0.2, -0.15) is 0 Å². The molecule has 25 heavy (non-hydrogen) atoms. The predicted octanol–water partition coefficient (Wildman–Crippen LogP) is 4.37. The summed E-state index contributed by atoms with van der Waals surface area (Å²) in [6, 6.07) is 7.15. The first-order valence-electron chi connectivity index (χ1n) is 7.84. The molecular weight excluding hydrogens is 405 g/mol. The number of alkyl halides is 3. The van der Waals surface area contributed by atoms with Gasteiger partial charge in [0.15, 0.2) is 5.11 Å². The molecule has 0 saturated carbocycles. The van der Waals surface area contributed by atoms with Crippen molar-refractivity contribution < 1.29 is 9.53 Å². The Morgan fingerprint density at radius 3 is 2.36 bits per heavy atom. The van der Waals surface area contributed by atoms with Gasteiger partial charge in [-0.05, 0) is 42.9 Å². The minimum absolute atomic E-state index is 0.204. The summed E-state index contributed by atoms with van der Waals surface area (Å²) in [5, 5.41) is 8.65. The molecule has 9 heteroatoms. The molecule has 5 nitrogen and oxygen atoms in total.